The summed E-state index contributed by atoms with van der Waals surface area (Å²) in [6.45, 7) is 3.72. The molecular formula is C8H8O. The van der Waals surface area contributed by atoms with Crippen molar-refractivity contribution in [2.24, 2.45) is 0 Å². The van der Waals surface area contributed by atoms with Crippen LogP contribution in [0.1, 0.15) is 6.42 Å². The Balaban J connectivity index is 2.80. The quantitative estimate of drug-likeness (QED) is 0.474. The maximum Gasteiger partial charge on any atom is 0.178 e. The van der Waals surface area contributed by atoms with Crippen molar-refractivity contribution in [3.05, 3.63) is 36.5 Å². The smallest absolute Gasteiger partial charge is 0.178 e. The SMILES string of the molecule is C=C1C=CC(=O)C=CC1. The maximum absolute atomic E-state index is 10.6. The number of ketones is 1. The van der Waals surface area contributed by atoms with Crippen LogP contribution in [0.15, 0.2) is 36.5 Å². The van der Waals surface area contributed by atoms with Crippen molar-refractivity contribution >= 4 is 5.78 Å². The summed E-state index contributed by atoms with van der Waals surface area (Å²) in [6, 6.07) is 0. The molecule has 1 heteroatoms. The van der Waals surface area contributed by atoms with E-state index in [9.17, 15) is 4.79 Å². The van der Waals surface area contributed by atoms with Crippen LogP contribution in [0.5, 0.6) is 0 Å². The Morgan fingerprint density at radius 1 is 1.33 bits per heavy atom. The zero-order valence-corrected chi connectivity index (χ0v) is 5.13. The number of carbonyl (C=O) groups excluding carboxylic acids is 1. The van der Waals surface area contributed by atoms with E-state index in [-0.39, 0.29) is 5.78 Å². The Morgan fingerprint density at radius 2 is 2.11 bits per heavy atom. The molecule has 0 aromatic rings. The predicted molar refractivity (Wildman–Crippen MR) is 37.0 cm³/mol. The van der Waals surface area contributed by atoms with Crippen LogP contribution in [0.25, 0.3) is 0 Å². The molecule has 9 heavy (non-hydrogen) atoms. The lowest BCUT2D eigenvalue weighted by Crippen LogP contribution is -1.80. The van der Waals surface area contributed by atoms with Gasteiger partial charge in [0.05, 0.1) is 0 Å². The molecule has 0 radical (unpaired) electrons. The first kappa shape index (κ1) is 6.02. The van der Waals surface area contributed by atoms with Crippen molar-refractivity contribution in [1.29, 1.82) is 0 Å². The minimum atomic E-state index is 0.0497. The average Bonchev–Trinajstić information content (AvgIpc) is 1.97. The highest BCUT2D eigenvalue weighted by Gasteiger charge is 1.93. The zero-order valence-electron chi connectivity index (χ0n) is 5.13. The molecule has 0 amide bonds. The van der Waals surface area contributed by atoms with E-state index in [4.69, 9.17) is 0 Å². The third kappa shape index (κ3) is 1.68. The second kappa shape index (κ2) is 2.44. The molecule has 0 fully saturated rings. The van der Waals surface area contributed by atoms with Crippen molar-refractivity contribution in [3.8, 4) is 0 Å². The molecule has 0 aliphatic heterocycles. The van der Waals surface area contributed by atoms with Crippen LogP contribution < -0.4 is 0 Å². The first-order valence-electron chi connectivity index (χ1n) is 2.85. The van der Waals surface area contributed by atoms with Gasteiger partial charge in [0.25, 0.3) is 0 Å². The van der Waals surface area contributed by atoms with E-state index in [2.05, 4.69) is 6.58 Å². The summed E-state index contributed by atoms with van der Waals surface area (Å²) < 4.78 is 0. The molecule has 1 rings (SSSR count). The molecule has 0 spiro atoms. The Kier molecular flexibility index (Phi) is 1.63. The summed E-state index contributed by atoms with van der Waals surface area (Å²) in [4.78, 5) is 10.6. The van der Waals surface area contributed by atoms with E-state index in [1.165, 1.54) is 6.08 Å². The molecule has 1 aliphatic rings. The summed E-state index contributed by atoms with van der Waals surface area (Å²) >= 11 is 0. The van der Waals surface area contributed by atoms with Gasteiger partial charge in [0.1, 0.15) is 0 Å². The Bertz CT molecular complexity index is 197. The van der Waals surface area contributed by atoms with Gasteiger partial charge < -0.3 is 0 Å². The average molecular weight is 120 g/mol. The van der Waals surface area contributed by atoms with Crippen molar-refractivity contribution < 1.29 is 4.79 Å². The fourth-order valence-electron chi connectivity index (χ4n) is 0.650. The van der Waals surface area contributed by atoms with Gasteiger partial charge in [-0.1, -0.05) is 24.3 Å². The van der Waals surface area contributed by atoms with Gasteiger partial charge in [0.2, 0.25) is 0 Å². The highest BCUT2D eigenvalue weighted by atomic mass is 16.1. The van der Waals surface area contributed by atoms with Crippen molar-refractivity contribution in [2.75, 3.05) is 0 Å². The van der Waals surface area contributed by atoms with Crippen LogP contribution in [0, 0.1) is 0 Å². The molecule has 0 aromatic carbocycles. The van der Waals surface area contributed by atoms with Gasteiger partial charge in [0.15, 0.2) is 5.78 Å². The fraction of sp³-hybridized carbons (Fsp3) is 0.125. The second-order valence-corrected chi connectivity index (χ2v) is 2.00. The lowest BCUT2D eigenvalue weighted by molar-refractivity contribution is -0.110. The molecule has 46 valence electrons. The summed E-state index contributed by atoms with van der Waals surface area (Å²) in [7, 11) is 0. The van der Waals surface area contributed by atoms with Crippen molar-refractivity contribution in [1.82, 2.24) is 0 Å². The van der Waals surface area contributed by atoms with Gasteiger partial charge in [-0.15, -0.1) is 0 Å². The molecule has 0 N–H and O–H groups in total. The van der Waals surface area contributed by atoms with Crippen LogP contribution in [0.4, 0.5) is 0 Å². The highest BCUT2D eigenvalue weighted by Crippen LogP contribution is 2.04. The predicted octanol–water partition coefficient (Wildman–Crippen LogP) is 1.63. The van der Waals surface area contributed by atoms with E-state index in [0.717, 1.165) is 12.0 Å². The largest absolute Gasteiger partial charge is 0.290 e. The molecule has 0 aromatic heterocycles. The van der Waals surface area contributed by atoms with Gasteiger partial charge in [-0.25, -0.2) is 0 Å². The number of hydrogen-bond donors (Lipinski definition) is 0. The molecule has 0 saturated carbocycles. The monoisotopic (exact) mass is 120 g/mol. The van der Waals surface area contributed by atoms with E-state index in [1.807, 2.05) is 6.08 Å². The minimum absolute atomic E-state index is 0.0497. The Morgan fingerprint density at radius 3 is 2.89 bits per heavy atom. The topological polar surface area (TPSA) is 17.1 Å². The maximum atomic E-state index is 10.6. The lowest BCUT2D eigenvalue weighted by Gasteiger charge is -1.85. The van der Waals surface area contributed by atoms with Crippen LogP contribution >= 0.6 is 0 Å². The summed E-state index contributed by atoms with van der Waals surface area (Å²) in [5.74, 6) is 0.0497. The molecule has 1 nitrogen and oxygen atoms in total. The molecule has 0 bridgehead atoms. The molecule has 0 atom stereocenters. The Hall–Kier alpha value is -1.11. The lowest BCUT2D eigenvalue weighted by atomic mass is 10.2. The standard InChI is InChI=1S/C8H8O/c1-7-3-2-4-8(9)6-5-7/h2,4-6H,1,3H2. The second-order valence-electron chi connectivity index (χ2n) is 2.00. The first-order chi connectivity index (χ1) is 4.29. The molecule has 0 heterocycles. The minimum Gasteiger partial charge on any atom is -0.290 e. The van der Waals surface area contributed by atoms with Crippen LogP contribution in [-0.4, -0.2) is 5.78 Å². The number of rotatable bonds is 0. The van der Waals surface area contributed by atoms with Gasteiger partial charge in [0, 0.05) is 0 Å². The van der Waals surface area contributed by atoms with E-state index in [0.29, 0.717) is 0 Å². The Labute approximate surface area is 54.4 Å². The number of allylic oxidation sites excluding steroid dienone is 5. The van der Waals surface area contributed by atoms with Crippen molar-refractivity contribution in [3.63, 3.8) is 0 Å². The van der Waals surface area contributed by atoms with Crippen molar-refractivity contribution in [2.45, 2.75) is 6.42 Å². The van der Waals surface area contributed by atoms with E-state index in [1.54, 1.807) is 12.2 Å². The fourth-order valence-corrected chi connectivity index (χ4v) is 0.650. The van der Waals surface area contributed by atoms with Gasteiger partial charge in [-0.3, -0.25) is 4.79 Å². The van der Waals surface area contributed by atoms with E-state index >= 15 is 0 Å². The van der Waals surface area contributed by atoms with Gasteiger partial charge >= 0.3 is 0 Å². The van der Waals surface area contributed by atoms with Crippen LogP contribution in [-0.2, 0) is 4.79 Å². The number of carbonyl (C=O) groups is 1. The van der Waals surface area contributed by atoms with Crippen LogP contribution in [0.2, 0.25) is 0 Å². The number of hydrogen-bond acceptors (Lipinski definition) is 1. The first-order valence-corrected chi connectivity index (χ1v) is 2.85. The highest BCUT2D eigenvalue weighted by molar-refractivity contribution is 5.99. The third-order valence-electron chi connectivity index (χ3n) is 1.15. The van der Waals surface area contributed by atoms with Crippen LogP contribution in [0.3, 0.4) is 0 Å². The summed E-state index contributed by atoms with van der Waals surface area (Å²) in [5, 5.41) is 0. The molecule has 0 unspecified atom stereocenters. The summed E-state index contributed by atoms with van der Waals surface area (Å²) in [6.07, 6.45) is 7.47. The van der Waals surface area contributed by atoms with Gasteiger partial charge in [-0.05, 0) is 18.6 Å². The molecule has 1 aliphatic carbocycles. The zero-order chi connectivity index (χ0) is 6.69. The van der Waals surface area contributed by atoms with E-state index < -0.39 is 0 Å². The molecule has 0 saturated heterocycles. The third-order valence-corrected chi connectivity index (χ3v) is 1.15. The normalized spacial score (nSPS) is 18.2. The molecular weight excluding hydrogens is 112 g/mol. The summed E-state index contributed by atoms with van der Waals surface area (Å²) in [5.41, 5.74) is 0.983. The van der Waals surface area contributed by atoms with Gasteiger partial charge in [-0.2, -0.15) is 0 Å².